The van der Waals surface area contributed by atoms with Crippen molar-refractivity contribution in [3.8, 4) is 0 Å². The Morgan fingerprint density at radius 2 is 1.84 bits per heavy atom. The Bertz CT molecular complexity index is 645. The highest BCUT2D eigenvalue weighted by atomic mass is 32.1. The minimum Gasteiger partial charge on any atom is -0.452 e. The summed E-state index contributed by atoms with van der Waals surface area (Å²) in [6.07, 6.45) is -0.631. The number of ether oxygens (including phenoxy) is 1. The number of aromatic nitrogens is 2. The van der Waals surface area contributed by atoms with Crippen LogP contribution in [0.25, 0.3) is 11.0 Å². The van der Waals surface area contributed by atoms with E-state index in [1.165, 1.54) is 7.11 Å². The molecular formula is C12H12N4O2S. The van der Waals surface area contributed by atoms with Crippen molar-refractivity contribution < 1.29 is 9.53 Å². The number of nitrogens with one attached hydrogen (secondary N) is 2. The summed E-state index contributed by atoms with van der Waals surface area (Å²) in [6.45, 7) is 1.81. The SMILES string of the molecule is COC(=O)NNC(=S)c1nc2ccccc2nc1C. The highest BCUT2D eigenvalue weighted by Crippen LogP contribution is 2.12. The van der Waals surface area contributed by atoms with Crippen molar-refractivity contribution in [1.29, 1.82) is 0 Å². The first kappa shape index (κ1) is 13.2. The van der Waals surface area contributed by atoms with Gasteiger partial charge in [-0.2, -0.15) is 0 Å². The topological polar surface area (TPSA) is 76.1 Å². The number of carbonyl (C=O) groups excluding carboxylic acids is 1. The molecule has 0 radical (unpaired) electrons. The van der Waals surface area contributed by atoms with Crippen LogP contribution in [0.5, 0.6) is 0 Å². The van der Waals surface area contributed by atoms with Gasteiger partial charge in [0.15, 0.2) is 0 Å². The number of amides is 1. The number of para-hydroxylation sites is 2. The largest absolute Gasteiger partial charge is 0.452 e. The quantitative estimate of drug-likeness (QED) is 0.607. The second-order valence-electron chi connectivity index (χ2n) is 3.72. The molecule has 0 saturated heterocycles. The zero-order valence-electron chi connectivity index (χ0n) is 10.4. The number of thiocarbonyl (C=S) groups is 1. The highest BCUT2D eigenvalue weighted by Gasteiger charge is 2.10. The van der Waals surface area contributed by atoms with Gasteiger partial charge in [-0.1, -0.05) is 24.4 Å². The van der Waals surface area contributed by atoms with E-state index >= 15 is 0 Å². The smallest absolute Gasteiger partial charge is 0.425 e. The Kier molecular flexibility index (Phi) is 3.86. The van der Waals surface area contributed by atoms with E-state index in [1.54, 1.807) is 6.92 Å². The summed E-state index contributed by atoms with van der Waals surface area (Å²) < 4.78 is 4.43. The van der Waals surface area contributed by atoms with Gasteiger partial charge < -0.3 is 4.74 Å². The van der Waals surface area contributed by atoms with Gasteiger partial charge in [0.1, 0.15) is 10.7 Å². The molecule has 1 heterocycles. The van der Waals surface area contributed by atoms with Crippen LogP contribution in [0.15, 0.2) is 24.3 Å². The molecule has 0 aliphatic rings. The average Bonchev–Trinajstić information content (AvgIpc) is 2.43. The molecule has 0 saturated carbocycles. The summed E-state index contributed by atoms with van der Waals surface area (Å²) in [5.41, 5.74) is 7.59. The maximum Gasteiger partial charge on any atom is 0.425 e. The first-order valence-corrected chi connectivity index (χ1v) is 5.90. The summed E-state index contributed by atoms with van der Waals surface area (Å²) in [6, 6.07) is 7.49. The minimum absolute atomic E-state index is 0.279. The molecule has 0 aliphatic carbocycles. The van der Waals surface area contributed by atoms with Crippen LogP contribution in [0.3, 0.4) is 0 Å². The van der Waals surface area contributed by atoms with Gasteiger partial charge >= 0.3 is 6.09 Å². The highest BCUT2D eigenvalue weighted by molar-refractivity contribution is 7.80. The fourth-order valence-corrected chi connectivity index (χ4v) is 1.77. The van der Waals surface area contributed by atoms with Gasteiger partial charge in [-0.15, -0.1) is 0 Å². The maximum absolute atomic E-state index is 11.0. The van der Waals surface area contributed by atoms with Crippen molar-refractivity contribution in [3.63, 3.8) is 0 Å². The van der Waals surface area contributed by atoms with Crippen LogP contribution >= 0.6 is 12.2 Å². The fourth-order valence-electron chi connectivity index (χ4n) is 1.52. The number of rotatable bonds is 1. The lowest BCUT2D eigenvalue weighted by Gasteiger charge is -2.10. The third-order valence-electron chi connectivity index (χ3n) is 2.42. The van der Waals surface area contributed by atoms with E-state index in [9.17, 15) is 4.79 Å². The fraction of sp³-hybridized carbons (Fsp3) is 0.167. The summed E-state index contributed by atoms with van der Waals surface area (Å²) >= 11 is 5.15. The summed E-state index contributed by atoms with van der Waals surface area (Å²) in [5.74, 6) is 0. The standard InChI is InChI=1S/C12H12N4O2S/c1-7-10(11(19)15-16-12(17)18-2)14-9-6-4-3-5-8(9)13-7/h3-6H,1-2H3,(H,15,19)(H,16,17). The summed E-state index contributed by atoms with van der Waals surface area (Å²) in [5, 5.41) is 0. The molecule has 0 fully saturated rings. The van der Waals surface area contributed by atoms with Gasteiger partial charge in [0.2, 0.25) is 0 Å². The molecule has 2 N–H and O–H groups in total. The monoisotopic (exact) mass is 276 g/mol. The van der Waals surface area contributed by atoms with Gasteiger partial charge in [-0.05, 0) is 19.1 Å². The zero-order chi connectivity index (χ0) is 13.8. The van der Waals surface area contributed by atoms with Crippen LogP contribution in [0.4, 0.5) is 4.79 Å². The molecule has 7 heteroatoms. The zero-order valence-corrected chi connectivity index (χ0v) is 11.2. The Morgan fingerprint density at radius 3 is 2.47 bits per heavy atom. The number of hydrazine groups is 1. The number of fused-ring (bicyclic) bond motifs is 1. The van der Waals surface area contributed by atoms with Crippen molar-refractivity contribution in [3.05, 3.63) is 35.7 Å². The Hall–Kier alpha value is -2.28. The molecule has 0 unspecified atom stereocenters. The van der Waals surface area contributed by atoms with Crippen molar-refractivity contribution in [2.24, 2.45) is 0 Å². The van der Waals surface area contributed by atoms with E-state index in [4.69, 9.17) is 12.2 Å². The second-order valence-corrected chi connectivity index (χ2v) is 4.13. The Labute approximate surface area is 115 Å². The maximum atomic E-state index is 11.0. The van der Waals surface area contributed by atoms with Crippen molar-refractivity contribution in [1.82, 2.24) is 20.8 Å². The predicted molar refractivity (Wildman–Crippen MR) is 74.7 cm³/mol. The van der Waals surface area contributed by atoms with E-state index in [0.717, 1.165) is 11.0 Å². The molecule has 6 nitrogen and oxygen atoms in total. The second kappa shape index (κ2) is 5.57. The van der Waals surface area contributed by atoms with Gasteiger partial charge in [-0.3, -0.25) is 5.43 Å². The molecule has 1 amide bonds. The number of methoxy groups -OCH3 is 1. The van der Waals surface area contributed by atoms with E-state index < -0.39 is 6.09 Å². The molecular weight excluding hydrogens is 264 g/mol. The molecule has 0 spiro atoms. The molecule has 0 atom stereocenters. The molecule has 2 rings (SSSR count). The van der Waals surface area contributed by atoms with Crippen LogP contribution < -0.4 is 10.9 Å². The molecule has 0 bridgehead atoms. The molecule has 2 aromatic rings. The molecule has 1 aromatic heterocycles. The average molecular weight is 276 g/mol. The minimum atomic E-state index is -0.631. The number of nitrogens with zero attached hydrogens (tertiary/aromatic N) is 2. The third-order valence-corrected chi connectivity index (χ3v) is 2.72. The number of aryl methyl sites for hydroxylation is 1. The van der Waals surface area contributed by atoms with E-state index in [0.29, 0.717) is 11.4 Å². The van der Waals surface area contributed by atoms with Crippen molar-refractivity contribution in [2.45, 2.75) is 6.92 Å². The van der Waals surface area contributed by atoms with E-state index in [1.807, 2.05) is 24.3 Å². The van der Waals surface area contributed by atoms with Gasteiger partial charge in [-0.25, -0.2) is 20.2 Å². The van der Waals surface area contributed by atoms with Crippen LogP contribution in [-0.2, 0) is 4.74 Å². The molecule has 1 aromatic carbocycles. The van der Waals surface area contributed by atoms with Crippen molar-refractivity contribution >= 4 is 34.3 Å². The van der Waals surface area contributed by atoms with Crippen LogP contribution in [0.1, 0.15) is 11.4 Å². The number of benzene rings is 1. The first-order chi connectivity index (χ1) is 9.11. The predicted octanol–water partition coefficient (Wildman–Crippen LogP) is 1.47. The lowest BCUT2D eigenvalue weighted by Crippen LogP contribution is -2.41. The van der Waals surface area contributed by atoms with Gasteiger partial charge in [0, 0.05) is 0 Å². The Balaban J connectivity index is 2.26. The van der Waals surface area contributed by atoms with Crippen LogP contribution in [0.2, 0.25) is 0 Å². The Morgan fingerprint density at radius 1 is 1.21 bits per heavy atom. The van der Waals surface area contributed by atoms with Crippen molar-refractivity contribution in [2.75, 3.05) is 7.11 Å². The van der Waals surface area contributed by atoms with E-state index in [-0.39, 0.29) is 4.99 Å². The number of carbonyl (C=O) groups is 1. The first-order valence-electron chi connectivity index (χ1n) is 5.49. The summed E-state index contributed by atoms with van der Waals surface area (Å²) in [4.78, 5) is 20.1. The van der Waals surface area contributed by atoms with Crippen LogP contribution in [-0.4, -0.2) is 28.2 Å². The molecule has 0 aliphatic heterocycles. The summed E-state index contributed by atoms with van der Waals surface area (Å²) in [7, 11) is 1.27. The normalized spacial score (nSPS) is 10.0. The number of hydrogen-bond donors (Lipinski definition) is 2. The van der Waals surface area contributed by atoms with Crippen LogP contribution in [0, 0.1) is 6.92 Å². The molecule has 98 valence electrons. The number of hydrogen-bond acceptors (Lipinski definition) is 5. The molecule has 19 heavy (non-hydrogen) atoms. The van der Waals surface area contributed by atoms with Gasteiger partial charge in [0.05, 0.1) is 23.8 Å². The van der Waals surface area contributed by atoms with E-state index in [2.05, 4.69) is 25.6 Å². The third kappa shape index (κ3) is 2.94. The lowest BCUT2D eigenvalue weighted by atomic mass is 10.2. The van der Waals surface area contributed by atoms with Gasteiger partial charge in [0.25, 0.3) is 0 Å². The lowest BCUT2D eigenvalue weighted by molar-refractivity contribution is 0.169.